The fourth-order valence-electron chi connectivity index (χ4n) is 2.42. The van der Waals surface area contributed by atoms with Crippen LogP contribution in [0.1, 0.15) is 25.7 Å². The third-order valence-electron chi connectivity index (χ3n) is 3.15. The molecule has 3 nitrogen and oxygen atoms in total. The summed E-state index contributed by atoms with van der Waals surface area (Å²) in [4.78, 5) is 11.8. The molecule has 15 heavy (non-hydrogen) atoms. The van der Waals surface area contributed by atoms with Crippen LogP contribution in [-0.4, -0.2) is 20.0 Å². The molecule has 1 unspecified atom stereocenters. The Hall–Kier alpha value is -1.25. The van der Waals surface area contributed by atoms with Gasteiger partial charge in [-0.3, -0.25) is 4.79 Å². The molecule has 0 bridgehead atoms. The van der Waals surface area contributed by atoms with Crippen LogP contribution in [0.25, 0.3) is 0 Å². The zero-order valence-corrected chi connectivity index (χ0v) is 9.21. The van der Waals surface area contributed by atoms with Gasteiger partial charge in [-0.15, -0.1) is 0 Å². The number of carbonyl (C=O) groups is 1. The highest BCUT2D eigenvalue weighted by atomic mass is 16.5. The van der Waals surface area contributed by atoms with Crippen molar-refractivity contribution in [2.45, 2.75) is 25.7 Å². The van der Waals surface area contributed by atoms with Crippen LogP contribution in [0.4, 0.5) is 0 Å². The van der Waals surface area contributed by atoms with E-state index >= 15 is 0 Å². The van der Waals surface area contributed by atoms with E-state index in [1.54, 1.807) is 14.2 Å². The Morgan fingerprint density at radius 2 is 2.13 bits per heavy atom. The summed E-state index contributed by atoms with van der Waals surface area (Å²) in [7, 11) is 3.21. The third kappa shape index (κ3) is 1.66. The predicted molar refractivity (Wildman–Crippen MR) is 56.1 cm³/mol. The van der Waals surface area contributed by atoms with Crippen LogP contribution in [0, 0.1) is 5.92 Å². The van der Waals surface area contributed by atoms with Crippen molar-refractivity contribution in [3.8, 4) is 0 Å². The minimum Gasteiger partial charge on any atom is -0.493 e. The van der Waals surface area contributed by atoms with Gasteiger partial charge in [0, 0.05) is 12.0 Å². The van der Waals surface area contributed by atoms with Crippen molar-refractivity contribution >= 4 is 5.78 Å². The number of rotatable bonds is 2. The first kappa shape index (κ1) is 10.3. The van der Waals surface area contributed by atoms with E-state index in [1.165, 1.54) is 0 Å². The summed E-state index contributed by atoms with van der Waals surface area (Å²) in [6.45, 7) is 0. The number of allylic oxidation sites excluding steroid dienone is 2. The van der Waals surface area contributed by atoms with E-state index in [4.69, 9.17) is 9.47 Å². The molecule has 3 heteroatoms. The Kier molecular flexibility index (Phi) is 2.80. The number of hydrogen-bond donors (Lipinski definition) is 0. The highest BCUT2D eigenvalue weighted by Crippen LogP contribution is 2.38. The molecule has 0 spiro atoms. The molecule has 82 valence electrons. The summed E-state index contributed by atoms with van der Waals surface area (Å²) in [5, 5.41) is 0. The molecule has 1 saturated carbocycles. The maximum Gasteiger partial charge on any atom is 0.167 e. The van der Waals surface area contributed by atoms with E-state index in [0.29, 0.717) is 23.9 Å². The summed E-state index contributed by atoms with van der Waals surface area (Å²) in [6, 6.07) is 0. The third-order valence-corrected chi connectivity index (χ3v) is 3.15. The standard InChI is InChI=1S/C12H16O3/c1-14-10-7-6-8-4-3-5-9(13)11(8)12(10)15-2/h7-8H,3-6H2,1-2H3. The molecule has 0 aromatic heterocycles. The second-order valence-corrected chi connectivity index (χ2v) is 3.97. The zero-order chi connectivity index (χ0) is 10.8. The van der Waals surface area contributed by atoms with E-state index in [9.17, 15) is 4.79 Å². The molecular weight excluding hydrogens is 192 g/mol. The van der Waals surface area contributed by atoms with E-state index in [-0.39, 0.29) is 5.78 Å². The molecule has 1 atom stereocenters. The second-order valence-electron chi connectivity index (χ2n) is 3.97. The summed E-state index contributed by atoms with van der Waals surface area (Å²) >= 11 is 0. The van der Waals surface area contributed by atoms with Gasteiger partial charge in [0.05, 0.1) is 14.2 Å². The molecule has 2 aliphatic rings. The fraction of sp³-hybridized carbons (Fsp3) is 0.583. The first-order valence-electron chi connectivity index (χ1n) is 5.33. The Bertz CT molecular complexity index is 339. The molecule has 0 radical (unpaired) electrons. The highest BCUT2D eigenvalue weighted by molar-refractivity contribution is 5.97. The molecule has 2 aliphatic carbocycles. The molecule has 0 saturated heterocycles. The average molecular weight is 208 g/mol. The largest absolute Gasteiger partial charge is 0.493 e. The van der Waals surface area contributed by atoms with Gasteiger partial charge in [0.25, 0.3) is 0 Å². The molecule has 0 heterocycles. The molecule has 0 aliphatic heterocycles. The number of carbonyl (C=O) groups excluding carboxylic acids is 1. The number of methoxy groups -OCH3 is 2. The summed E-state index contributed by atoms with van der Waals surface area (Å²) in [6.07, 6.45) is 5.65. The van der Waals surface area contributed by atoms with Crippen molar-refractivity contribution in [1.29, 1.82) is 0 Å². The molecule has 0 amide bonds. The quantitative estimate of drug-likeness (QED) is 0.697. The van der Waals surface area contributed by atoms with E-state index < -0.39 is 0 Å². The monoisotopic (exact) mass is 208 g/mol. The van der Waals surface area contributed by atoms with Gasteiger partial charge in [-0.05, 0) is 31.3 Å². The minimum absolute atomic E-state index is 0.228. The van der Waals surface area contributed by atoms with E-state index in [2.05, 4.69) is 0 Å². The summed E-state index contributed by atoms with van der Waals surface area (Å²) in [5.41, 5.74) is 0.850. The van der Waals surface area contributed by atoms with Crippen molar-refractivity contribution in [2.24, 2.45) is 5.92 Å². The van der Waals surface area contributed by atoms with E-state index in [1.807, 2.05) is 6.08 Å². The Balaban J connectivity index is 2.41. The van der Waals surface area contributed by atoms with Gasteiger partial charge in [-0.1, -0.05) is 0 Å². The average Bonchev–Trinajstić information content (AvgIpc) is 2.28. The lowest BCUT2D eigenvalue weighted by atomic mass is 9.78. The minimum atomic E-state index is 0.228. The summed E-state index contributed by atoms with van der Waals surface area (Å²) < 4.78 is 10.5. The van der Waals surface area contributed by atoms with Gasteiger partial charge in [0.2, 0.25) is 0 Å². The van der Waals surface area contributed by atoms with Crippen LogP contribution >= 0.6 is 0 Å². The lowest BCUT2D eigenvalue weighted by Crippen LogP contribution is -2.24. The van der Waals surface area contributed by atoms with Gasteiger partial charge in [-0.2, -0.15) is 0 Å². The number of hydrogen-bond acceptors (Lipinski definition) is 3. The maximum absolute atomic E-state index is 11.8. The van der Waals surface area contributed by atoms with Gasteiger partial charge in [-0.25, -0.2) is 0 Å². The second kappa shape index (κ2) is 4.09. The van der Waals surface area contributed by atoms with Crippen LogP contribution in [0.3, 0.4) is 0 Å². The maximum atomic E-state index is 11.8. The highest BCUT2D eigenvalue weighted by Gasteiger charge is 2.33. The SMILES string of the molecule is COC1=CCC2CCCC(=O)C2=C1OC. The Labute approximate surface area is 89.8 Å². The van der Waals surface area contributed by atoms with Crippen molar-refractivity contribution in [3.05, 3.63) is 23.2 Å². The van der Waals surface area contributed by atoms with Crippen molar-refractivity contribution < 1.29 is 14.3 Å². The topological polar surface area (TPSA) is 35.5 Å². The molecule has 1 fully saturated rings. The van der Waals surface area contributed by atoms with Crippen LogP contribution < -0.4 is 0 Å². The van der Waals surface area contributed by atoms with Crippen molar-refractivity contribution in [1.82, 2.24) is 0 Å². The van der Waals surface area contributed by atoms with Crippen molar-refractivity contribution in [3.63, 3.8) is 0 Å². The molecular formula is C12H16O3. The van der Waals surface area contributed by atoms with Gasteiger partial charge in [0.1, 0.15) is 0 Å². The Morgan fingerprint density at radius 1 is 1.33 bits per heavy atom. The number of Topliss-reactive ketones (excluding diaryl/α,β-unsaturated/α-hetero) is 1. The van der Waals surface area contributed by atoms with Gasteiger partial charge < -0.3 is 9.47 Å². The first-order chi connectivity index (χ1) is 7.27. The summed E-state index contributed by atoms with van der Waals surface area (Å²) in [5.74, 6) is 1.93. The molecule has 0 aromatic rings. The van der Waals surface area contributed by atoms with E-state index in [0.717, 1.165) is 24.8 Å². The number of fused-ring (bicyclic) bond motifs is 1. The van der Waals surface area contributed by atoms with Gasteiger partial charge >= 0.3 is 0 Å². The number of ether oxygens (including phenoxy) is 2. The van der Waals surface area contributed by atoms with Crippen LogP contribution in [-0.2, 0) is 14.3 Å². The normalized spacial score (nSPS) is 25.9. The molecule has 0 aromatic carbocycles. The first-order valence-corrected chi connectivity index (χ1v) is 5.33. The Morgan fingerprint density at radius 3 is 2.80 bits per heavy atom. The molecule has 2 rings (SSSR count). The fourth-order valence-corrected chi connectivity index (χ4v) is 2.42. The number of ketones is 1. The smallest absolute Gasteiger partial charge is 0.167 e. The van der Waals surface area contributed by atoms with Crippen molar-refractivity contribution in [2.75, 3.05) is 14.2 Å². The predicted octanol–water partition coefficient (Wildman–Crippen LogP) is 2.19. The lowest BCUT2D eigenvalue weighted by molar-refractivity contribution is -0.117. The van der Waals surface area contributed by atoms with Crippen LogP contribution in [0.15, 0.2) is 23.2 Å². The zero-order valence-electron chi connectivity index (χ0n) is 9.21. The van der Waals surface area contributed by atoms with Crippen LogP contribution in [0.5, 0.6) is 0 Å². The lowest BCUT2D eigenvalue weighted by Gasteiger charge is -2.29. The van der Waals surface area contributed by atoms with Crippen LogP contribution in [0.2, 0.25) is 0 Å². The molecule has 0 N–H and O–H groups in total. The van der Waals surface area contributed by atoms with Gasteiger partial charge in [0.15, 0.2) is 17.3 Å².